The van der Waals surface area contributed by atoms with Crippen LogP contribution in [0.2, 0.25) is 0 Å². The van der Waals surface area contributed by atoms with E-state index in [1.807, 2.05) is 6.07 Å². The van der Waals surface area contributed by atoms with Crippen molar-refractivity contribution in [3.8, 4) is 17.2 Å². The molecule has 0 bridgehead atoms. The molecule has 9 nitrogen and oxygen atoms in total. The van der Waals surface area contributed by atoms with Crippen LogP contribution in [0.3, 0.4) is 0 Å². The lowest BCUT2D eigenvalue weighted by Gasteiger charge is -2.17. The largest absolute Gasteiger partial charge is 0.496 e. The number of nitrogens with one attached hydrogen (secondary N) is 1. The molecule has 1 amide bonds. The summed E-state index contributed by atoms with van der Waals surface area (Å²) in [6.07, 6.45) is 1.41. The lowest BCUT2D eigenvalue weighted by molar-refractivity contribution is -0.121. The third-order valence-corrected chi connectivity index (χ3v) is 6.31. The molecule has 1 N–H and O–H groups in total. The smallest absolute Gasteiger partial charge is 0.255 e. The quantitative estimate of drug-likeness (QED) is 0.418. The maximum Gasteiger partial charge on any atom is 0.255 e. The van der Waals surface area contributed by atoms with E-state index >= 15 is 0 Å². The molecular formula is C19H22BrN3O6S. The third kappa shape index (κ3) is 5.71. The van der Waals surface area contributed by atoms with Crippen LogP contribution in [-0.2, 0) is 14.8 Å². The van der Waals surface area contributed by atoms with Crippen LogP contribution in [0.25, 0.3) is 0 Å². The Morgan fingerprint density at radius 3 is 2.33 bits per heavy atom. The molecule has 30 heavy (non-hydrogen) atoms. The predicted octanol–water partition coefficient (Wildman–Crippen LogP) is 2.25. The molecule has 0 atom stereocenters. The van der Waals surface area contributed by atoms with Gasteiger partial charge in [0.1, 0.15) is 5.75 Å². The Balaban J connectivity index is 2.07. The molecular weight excluding hydrogens is 478 g/mol. The van der Waals surface area contributed by atoms with Gasteiger partial charge in [0, 0.05) is 23.2 Å². The molecule has 0 aliphatic carbocycles. The lowest BCUT2D eigenvalue weighted by atomic mass is 10.2. The van der Waals surface area contributed by atoms with E-state index in [-0.39, 0.29) is 10.6 Å². The van der Waals surface area contributed by atoms with Crippen molar-refractivity contribution in [3.05, 3.63) is 46.4 Å². The fraction of sp³-hybridized carbons (Fsp3) is 0.263. The van der Waals surface area contributed by atoms with E-state index in [1.165, 1.54) is 52.8 Å². The first-order valence-electron chi connectivity index (χ1n) is 8.56. The highest BCUT2D eigenvalue weighted by molar-refractivity contribution is 9.10. The average molecular weight is 500 g/mol. The van der Waals surface area contributed by atoms with Gasteiger partial charge in [0.2, 0.25) is 10.0 Å². The molecule has 11 heteroatoms. The van der Waals surface area contributed by atoms with Crippen LogP contribution in [0.15, 0.2) is 50.9 Å². The summed E-state index contributed by atoms with van der Waals surface area (Å²) in [6, 6.07) is 9.51. The number of amides is 1. The number of benzene rings is 2. The number of halogens is 1. The first kappa shape index (κ1) is 23.6. The minimum absolute atomic E-state index is 0.0298. The summed E-state index contributed by atoms with van der Waals surface area (Å²) < 4.78 is 42.7. The van der Waals surface area contributed by atoms with Gasteiger partial charge in [0.15, 0.2) is 11.5 Å². The number of nitrogens with zero attached hydrogens (tertiary/aromatic N) is 2. The molecule has 0 aliphatic heterocycles. The molecule has 0 saturated heterocycles. The number of carbonyl (C=O) groups excluding carboxylic acids is 1. The molecule has 0 aromatic heterocycles. The topological polar surface area (TPSA) is 107 Å². The predicted molar refractivity (Wildman–Crippen MR) is 116 cm³/mol. The van der Waals surface area contributed by atoms with Gasteiger partial charge in [-0.2, -0.15) is 9.41 Å². The number of likely N-dealkylation sites (N-methyl/N-ethyl adjacent to an activating group) is 1. The van der Waals surface area contributed by atoms with Crippen molar-refractivity contribution >= 4 is 38.1 Å². The summed E-state index contributed by atoms with van der Waals surface area (Å²) in [5.41, 5.74) is 2.94. The van der Waals surface area contributed by atoms with Crippen molar-refractivity contribution < 1.29 is 27.4 Å². The van der Waals surface area contributed by atoms with E-state index in [1.54, 1.807) is 12.1 Å². The molecule has 2 aromatic rings. The van der Waals surface area contributed by atoms with Gasteiger partial charge in [-0.3, -0.25) is 4.79 Å². The second-order valence-corrected chi connectivity index (χ2v) is 8.92. The minimum atomic E-state index is -3.93. The van der Waals surface area contributed by atoms with Gasteiger partial charge < -0.3 is 14.2 Å². The highest BCUT2D eigenvalue weighted by Crippen LogP contribution is 2.30. The number of carbonyl (C=O) groups is 1. The molecule has 0 aliphatic rings. The van der Waals surface area contributed by atoms with E-state index < -0.39 is 22.5 Å². The second-order valence-electron chi connectivity index (χ2n) is 5.96. The zero-order valence-electron chi connectivity index (χ0n) is 16.9. The summed E-state index contributed by atoms with van der Waals surface area (Å²) >= 11 is 3.35. The fourth-order valence-electron chi connectivity index (χ4n) is 2.46. The van der Waals surface area contributed by atoms with Gasteiger partial charge in [-0.25, -0.2) is 13.8 Å². The number of ether oxygens (including phenoxy) is 3. The second kappa shape index (κ2) is 10.4. The summed E-state index contributed by atoms with van der Waals surface area (Å²) in [4.78, 5) is 12.1. The van der Waals surface area contributed by atoms with E-state index in [4.69, 9.17) is 14.2 Å². The highest BCUT2D eigenvalue weighted by atomic mass is 79.9. The van der Waals surface area contributed by atoms with Crippen LogP contribution in [-0.4, -0.2) is 59.8 Å². The van der Waals surface area contributed by atoms with Crippen molar-refractivity contribution in [2.75, 3.05) is 34.9 Å². The summed E-state index contributed by atoms with van der Waals surface area (Å²) in [6.45, 7) is -0.427. The molecule has 0 saturated carbocycles. The van der Waals surface area contributed by atoms with Crippen molar-refractivity contribution in [2.45, 2.75) is 4.90 Å². The number of sulfonamides is 1. The average Bonchev–Trinajstić information content (AvgIpc) is 2.73. The summed E-state index contributed by atoms with van der Waals surface area (Å²) in [5.74, 6) is 0.634. The first-order valence-corrected chi connectivity index (χ1v) is 10.8. The van der Waals surface area contributed by atoms with Crippen LogP contribution in [0.4, 0.5) is 0 Å². The van der Waals surface area contributed by atoms with Gasteiger partial charge in [-0.15, -0.1) is 0 Å². The Labute approximate surface area is 183 Å². The van der Waals surface area contributed by atoms with Crippen molar-refractivity contribution in [2.24, 2.45) is 5.10 Å². The normalized spacial score (nSPS) is 11.5. The lowest BCUT2D eigenvalue weighted by Crippen LogP contribution is -2.36. The van der Waals surface area contributed by atoms with Crippen LogP contribution in [0, 0.1) is 0 Å². The maximum atomic E-state index is 12.7. The van der Waals surface area contributed by atoms with E-state index in [0.717, 1.165) is 8.78 Å². The number of rotatable bonds is 9. The van der Waals surface area contributed by atoms with Crippen molar-refractivity contribution in [1.82, 2.24) is 9.73 Å². The van der Waals surface area contributed by atoms with Gasteiger partial charge in [0.25, 0.3) is 5.91 Å². The molecule has 0 heterocycles. The first-order chi connectivity index (χ1) is 14.2. The highest BCUT2D eigenvalue weighted by Gasteiger charge is 2.24. The van der Waals surface area contributed by atoms with Crippen LogP contribution in [0.1, 0.15) is 5.56 Å². The fourth-order valence-corrected chi connectivity index (χ4v) is 3.98. The summed E-state index contributed by atoms with van der Waals surface area (Å²) in [7, 11) is 1.75. The van der Waals surface area contributed by atoms with Crippen LogP contribution >= 0.6 is 15.9 Å². The van der Waals surface area contributed by atoms with Gasteiger partial charge >= 0.3 is 0 Å². The van der Waals surface area contributed by atoms with E-state index in [9.17, 15) is 13.2 Å². The van der Waals surface area contributed by atoms with Gasteiger partial charge in [0.05, 0.1) is 39.0 Å². The molecule has 0 spiro atoms. The van der Waals surface area contributed by atoms with Crippen molar-refractivity contribution in [3.63, 3.8) is 0 Å². The van der Waals surface area contributed by atoms with Crippen LogP contribution < -0.4 is 19.6 Å². The number of hydrazone groups is 1. The summed E-state index contributed by atoms with van der Waals surface area (Å²) in [5, 5.41) is 3.87. The minimum Gasteiger partial charge on any atom is -0.496 e. The Hall–Kier alpha value is -2.63. The molecule has 0 fully saturated rings. The monoisotopic (exact) mass is 499 g/mol. The Kier molecular flexibility index (Phi) is 8.21. The molecule has 0 unspecified atom stereocenters. The molecule has 2 rings (SSSR count). The maximum absolute atomic E-state index is 12.7. The number of methoxy groups -OCH3 is 3. The molecule has 2 aromatic carbocycles. The molecule has 162 valence electrons. The van der Waals surface area contributed by atoms with Gasteiger partial charge in [-0.1, -0.05) is 15.9 Å². The Morgan fingerprint density at radius 2 is 1.70 bits per heavy atom. The van der Waals surface area contributed by atoms with Crippen molar-refractivity contribution in [1.29, 1.82) is 0 Å². The Bertz CT molecular complexity index is 1040. The Morgan fingerprint density at radius 1 is 1.07 bits per heavy atom. The van der Waals surface area contributed by atoms with Crippen LogP contribution in [0.5, 0.6) is 17.2 Å². The zero-order valence-corrected chi connectivity index (χ0v) is 19.3. The SMILES string of the molecule is COc1ccc(Br)cc1/C=N\NC(=O)CN(C)S(=O)(=O)c1ccc(OC)c(OC)c1. The molecule has 0 radical (unpaired) electrons. The van der Waals surface area contributed by atoms with Gasteiger partial charge in [-0.05, 0) is 30.3 Å². The third-order valence-electron chi connectivity index (χ3n) is 4.01. The zero-order chi connectivity index (χ0) is 22.3. The van der Waals surface area contributed by atoms with E-state index in [0.29, 0.717) is 17.1 Å². The van der Waals surface area contributed by atoms with E-state index in [2.05, 4.69) is 26.5 Å². The number of hydrogen-bond acceptors (Lipinski definition) is 7. The number of hydrogen-bond donors (Lipinski definition) is 1. The standard InChI is InChI=1S/C19H22BrN3O6S/c1-23(30(25,26)15-6-8-17(28-3)18(10-15)29-4)12-19(24)22-21-11-13-9-14(20)5-7-16(13)27-2/h5-11H,12H2,1-4H3,(H,22,24)/b21-11-.